The Bertz CT molecular complexity index is 700. The first kappa shape index (κ1) is 11.4. The van der Waals surface area contributed by atoms with E-state index in [4.69, 9.17) is 5.73 Å². The van der Waals surface area contributed by atoms with Crippen molar-refractivity contribution >= 4 is 5.69 Å². The third-order valence-corrected chi connectivity index (χ3v) is 2.81. The van der Waals surface area contributed by atoms with E-state index in [0.717, 1.165) is 22.5 Å². The maximum atomic E-state index is 5.68. The lowest BCUT2D eigenvalue weighted by molar-refractivity contribution is 0.801. The van der Waals surface area contributed by atoms with Gasteiger partial charge in [-0.15, -0.1) is 0 Å². The number of rotatable bonds is 2. The number of anilines is 1. The molecule has 3 rings (SSSR count). The first-order valence-electron chi connectivity index (χ1n) is 5.93. The Morgan fingerprint density at radius 2 is 1.84 bits per heavy atom. The molecular formula is C14H13N5. The van der Waals surface area contributed by atoms with Crippen LogP contribution in [0.25, 0.3) is 17.1 Å². The van der Waals surface area contributed by atoms with Crippen molar-refractivity contribution in [3.05, 3.63) is 54.6 Å². The zero-order valence-electron chi connectivity index (χ0n) is 10.5. The van der Waals surface area contributed by atoms with Crippen LogP contribution in [-0.2, 0) is 0 Å². The lowest BCUT2D eigenvalue weighted by Gasteiger charge is -1.99. The minimum atomic E-state index is 0.571. The van der Waals surface area contributed by atoms with Gasteiger partial charge in [-0.25, -0.2) is 14.6 Å². The van der Waals surface area contributed by atoms with E-state index in [-0.39, 0.29) is 0 Å². The van der Waals surface area contributed by atoms with Crippen molar-refractivity contribution in [2.45, 2.75) is 6.92 Å². The molecule has 5 nitrogen and oxygen atoms in total. The number of nitrogens with zero attached hydrogens (tertiary/aromatic N) is 4. The van der Waals surface area contributed by atoms with Crippen LogP contribution in [0.4, 0.5) is 5.69 Å². The Labute approximate surface area is 110 Å². The van der Waals surface area contributed by atoms with Crippen LogP contribution in [-0.4, -0.2) is 19.7 Å². The van der Waals surface area contributed by atoms with Gasteiger partial charge < -0.3 is 5.73 Å². The lowest BCUT2D eigenvalue weighted by atomic mass is 10.1. The molecule has 3 aromatic rings. The molecule has 0 saturated carbocycles. The second-order valence-electron chi connectivity index (χ2n) is 4.29. The number of aromatic nitrogens is 4. The third kappa shape index (κ3) is 2.30. The van der Waals surface area contributed by atoms with E-state index in [0.29, 0.717) is 5.95 Å². The Hall–Kier alpha value is -2.69. The second-order valence-corrected chi connectivity index (χ2v) is 4.29. The number of hydrogen-bond donors (Lipinski definition) is 1. The minimum Gasteiger partial charge on any atom is -0.399 e. The van der Waals surface area contributed by atoms with Crippen LogP contribution >= 0.6 is 0 Å². The molecule has 0 unspecified atom stereocenters. The number of nitrogens with two attached hydrogens (primary N) is 1. The van der Waals surface area contributed by atoms with E-state index >= 15 is 0 Å². The predicted molar refractivity (Wildman–Crippen MR) is 73.7 cm³/mol. The first-order chi connectivity index (χ1) is 9.22. The number of hydrogen-bond acceptors (Lipinski definition) is 4. The van der Waals surface area contributed by atoms with E-state index in [1.807, 2.05) is 43.5 Å². The van der Waals surface area contributed by atoms with Gasteiger partial charge in [0.15, 0.2) is 0 Å². The standard InChI is InChI=1S/C14H13N5/c1-10-6-7-16-14(18-10)19-9-12(8-17-19)11-2-4-13(15)5-3-11/h2-9H,15H2,1H3. The first-order valence-corrected chi connectivity index (χ1v) is 5.93. The van der Waals surface area contributed by atoms with Gasteiger partial charge in [0.05, 0.1) is 6.20 Å². The highest BCUT2D eigenvalue weighted by molar-refractivity contribution is 5.64. The maximum Gasteiger partial charge on any atom is 0.250 e. The van der Waals surface area contributed by atoms with Gasteiger partial charge >= 0.3 is 0 Å². The van der Waals surface area contributed by atoms with Crippen molar-refractivity contribution < 1.29 is 0 Å². The van der Waals surface area contributed by atoms with Crippen molar-refractivity contribution in [1.29, 1.82) is 0 Å². The van der Waals surface area contributed by atoms with Crippen LogP contribution in [0.5, 0.6) is 0 Å². The molecular weight excluding hydrogens is 238 g/mol. The Morgan fingerprint density at radius 1 is 1.05 bits per heavy atom. The van der Waals surface area contributed by atoms with Crippen molar-refractivity contribution in [3.63, 3.8) is 0 Å². The Balaban J connectivity index is 1.97. The molecule has 2 heterocycles. The molecule has 19 heavy (non-hydrogen) atoms. The Kier molecular flexibility index (Phi) is 2.72. The van der Waals surface area contributed by atoms with E-state index in [9.17, 15) is 0 Å². The summed E-state index contributed by atoms with van der Waals surface area (Å²) in [7, 11) is 0. The molecule has 0 aliphatic heterocycles. The summed E-state index contributed by atoms with van der Waals surface area (Å²) in [5.41, 5.74) is 9.40. The third-order valence-electron chi connectivity index (χ3n) is 2.81. The van der Waals surface area contributed by atoms with Gasteiger partial charge in [-0.1, -0.05) is 12.1 Å². The number of aryl methyl sites for hydroxylation is 1. The number of benzene rings is 1. The number of nitrogen functional groups attached to an aromatic ring is 1. The summed E-state index contributed by atoms with van der Waals surface area (Å²) in [5.74, 6) is 0.571. The van der Waals surface area contributed by atoms with Crippen LogP contribution in [0.2, 0.25) is 0 Å². The largest absolute Gasteiger partial charge is 0.399 e. The van der Waals surface area contributed by atoms with Gasteiger partial charge in [-0.3, -0.25) is 0 Å². The lowest BCUT2D eigenvalue weighted by Crippen LogP contribution is -2.01. The average Bonchev–Trinajstić information content (AvgIpc) is 2.89. The van der Waals surface area contributed by atoms with Crippen molar-refractivity contribution in [2.75, 3.05) is 5.73 Å². The zero-order valence-corrected chi connectivity index (χ0v) is 10.5. The molecule has 0 spiro atoms. The summed E-state index contributed by atoms with van der Waals surface area (Å²) in [5, 5.41) is 4.29. The quantitative estimate of drug-likeness (QED) is 0.709. The topological polar surface area (TPSA) is 69.6 Å². The summed E-state index contributed by atoms with van der Waals surface area (Å²) < 4.78 is 1.67. The van der Waals surface area contributed by atoms with Crippen LogP contribution < -0.4 is 5.73 Å². The van der Waals surface area contributed by atoms with Crippen LogP contribution in [0.1, 0.15) is 5.69 Å². The summed E-state index contributed by atoms with van der Waals surface area (Å²) in [6, 6.07) is 9.53. The molecule has 0 aliphatic rings. The highest BCUT2D eigenvalue weighted by atomic mass is 15.3. The van der Waals surface area contributed by atoms with Crippen LogP contribution in [0.15, 0.2) is 48.9 Å². The molecule has 0 atom stereocenters. The molecule has 2 N–H and O–H groups in total. The predicted octanol–water partition coefficient (Wildman–Crippen LogP) is 2.22. The van der Waals surface area contributed by atoms with Crippen molar-refractivity contribution in [3.8, 4) is 17.1 Å². The highest BCUT2D eigenvalue weighted by Gasteiger charge is 2.05. The zero-order chi connectivity index (χ0) is 13.2. The Morgan fingerprint density at radius 3 is 2.58 bits per heavy atom. The summed E-state index contributed by atoms with van der Waals surface area (Å²) in [6.07, 6.45) is 5.42. The van der Waals surface area contributed by atoms with Gasteiger partial charge in [-0.05, 0) is 30.7 Å². The SMILES string of the molecule is Cc1ccnc(-n2cc(-c3ccc(N)cc3)cn2)n1. The van der Waals surface area contributed by atoms with E-state index in [2.05, 4.69) is 15.1 Å². The van der Waals surface area contributed by atoms with Gasteiger partial charge in [0.2, 0.25) is 0 Å². The van der Waals surface area contributed by atoms with Crippen molar-refractivity contribution in [2.24, 2.45) is 0 Å². The molecule has 2 aromatic heterocycles. The second kappa shape index (κ2) is 4.53. The summed E-state index contributed by atoms with van der Waals surface area (Å²) >= 11 is 0. The fourth-order valence-corrected chi connectivity index (χ4v) is 1.80. The fourth-order valence-electron chi connectivity index (χ4n) is 1.80. The van der Waals surface area contributed by atoms with Crippen LogP contribution in [0, 0.1) is 6.92 Å². The summed E-state index contributed by atoms with van der Waals surface area (Å²) in [4.78, 5) is 8.53. The molecule has 0 radical (unpaired) electrons. The maximum absolute atomic E-state index is 5.68. The smallest absolute Gasteiger partial charge is 0.250 e. The highest BCUT2D eigenvalue weighted by Crippen LogP contribution is 2.20. The minimum absolute atomic E-state index is 0.571. The van der Waals surface area contributed by atoms with E-state index in [1.165, 1.54) is 0 Å². The van der Waals surface area contributed by atoms with Gasteiger partial charge in [0, 0.05) is 29.3 Å². The fraction of sp³-hybridized carbons (Fsp3) is 0.0714. The molecule has 94 valence electrons. The molecule has 0 amide bonds. The molecule has 5 heteroatoms. The van der Waals surface area contributed by atoms with Gasteiger partial charge in [0.1, 0.15) is 0 Å². The average molecular weight is 251 g/mol. The van der Waals surface area contributed by atoms with Crippen molar-refractivity contribution in [1.82, 2.24) is 19.7 Å². The molecule has 1 aromatic carbocycles. The molecule has 0 aliphatic carbocycles. The van der Waals surface area contributed by atoms with E-state index < -0.39 is 0 Å². The molecule has 0 fully saturated rings. The van der Waals surface area contributed by atoms with Gasteiger partial charge in [-0.2, -0.15) is 5.10 Å². The molecule has 0 bridgehead atoms. The van der Waals surface area contributed by atoms with E-state index in [1.54, 1.807) is 17.1 Å². The molecule has 0 saturated heterocycles. The monoisotopic (exact) mass is 251 g/mol. The normalized spacial score (nSPS) is 10.6. The van der Waals surface area contributed by atoms with Gasteiger partial charge in [0.25, 0.3) is 5.95 Å². The summed E-state index contributed by atoms with van der Waals surface area (Å²) in [6.45, 7) is 1.93. The van der Waals surface area contributed by atoms with Crippen LogP contribution in [0.3, 0.4) is 0 Å².